The Bertz CT molecular complexity index is 856. The van der Waals surface area contributed by atoms with Crippen LogP contribution in [0.1, 0.15) is 0 Å². The van der Waals surface area contributed by atoms with Gasteiger partial charge in [-0.1, -0.05) is 11.6 Å². The number of amides is 1. The Hall–Kier alpha value is -1.92. The molecule has 0 spiro atoms. The Kier molecular flexibility index (Phi) is 3.88. The van der Waals surface area contributed by atoms with Crippen LogP contribution in [0.2, 0.25) is 4.34 Å². The summed E-state index contributed by atoms with van der Waals surface area (Å²) >= 11 is 7.38. The molecule has 114 valence electrons. The monoisotopic (exact) mass is 337 g/mol. The number of nitrogens with zero attached hydrogens (tertiary/aromatic N) is 3. The molecule has 0 atom stereocenters. The van der Waals surface area contributed by atoms with Crippen LogP contribution in [0.25, 0.3) is 21.5 Å². The zero-order valence-electron chi connectivity index (χ0n) is 12.0. The predicted octanol–water partition coefficient (Wildman–Crippen LogP) is 3.65. The topological polar surface area (TPSA) is 38.1 Å². The number of hydrogen-bond donors (Lipinski definition) is 0. The van der Waals surface area contributed by atoms with Crippen LogP contribution in [0, 0.1) is 5.82 Å². The van der Waals surface area contributed by atoms with Gasteiger partial charge in [-0.05, 0) is 18.2 Å². The maximum absolute atomic E-state index is 14.0. The van der Waals surface area contributed by atoms with Crippen LogP contribution in [0.15, 0.2) is 30.6 Å². The number of aromatic nitrogens is 2. The van der Waals surface area contributed by atoms with Gasteiger partial charge in [0.25, 0.3) is 0 Å². The Labute approximate surface area is 135 Å². The number of fused-ring (bicyclic) bond motifs is 1. The van der Waals surface area contributed by atoms with Crippen LogP contribution in [-0.2, 0) is 11.3 Å². The average molecular weight is 338 g/mol. The molecule has 3 aromatic heterocycles. The zero-order valence-corrected chi connectivity index (χ0v) is 13.6. The van der Waals surface area contributed by atoms with Crippen LogP contribution in [-0.4, -0.2) is 34.5 Å². The van der Waals surface area contributed by atoms with Crippen molar-refractivity contribution in [2.75, 3.05) is 14.1 Å². The summed E-state index contributed by atoms with van der Waals surface area (Å²) < 4.78 is 16.2. The molecule has 0 aliphatic carbocycles. The van der Waals surface area contributed by atoms with E-state index in [2.05, 4.69) is 4.98 Å². The minimum Gasteiger partial charge on any atom is -0.347 e. The minimum atomic E-state index is -0.433. The van der Waals surface area contributed by atoms with Crippen molar-refractivity contribution in [1.82, 2.24) is 14.5 Å². The highest BCUT2D eigenvalue weighted by molar-refractivity contribution is 7.19. The zero-order chi connectivity index (χ0) is 15.9. The van der Waals surface area contributed by atoms with Gasteiger partial charge >= 0.3 is 0 Å². The molecule has 0 aromatic carbocycles. The number of pyridine rings is 1. The van der Waals surface area contributed by atoms with E-state index in [-0.39, 0.29) is 18.0 Å². The van der Waals surface area contributed by atoms with Gasteiger partial charge in [0.1, 0.15) is 12.1 Å². The fraction of sp³-hybridized carbons (Fsp3) is 0.200. The van der Waals surface area contributed by atoms with E-state index in [1.807, 2.05) is 12.1 Å². The molecule has 22 heavy (non-hydrogen) atoms. The fourth-order valence-corrected chi connectivity index (χ4v) is 3.17. The lowest BCUT2D eigenvalue weighted by atomic mass is 10.2. The summed E-state index contributed by atoms with van der Waals surface area (Å²) in [6.45, 7) is 0.0732. The maximum Gasteiger partial charge on any atom is 0.241 e. The lowest BCUT2D eigenvalue weighted by Gasteiger charge is -2.11. The van der Waals surface area contributed by atoms with Crippen molar-refractivity contribution in [1.29, 1.82) is 0 Å². The first-order valence-corrected chi connectivity index (χ1v) is 7.75. The molecule has 0 aliphatic heterocycles. The molecule has 0 fully saturated rings. The second kappa shape index (κ2) is 5.70. The summed E-state index contributed by atoms with van der Waals surface area (Å²) in [5, 5.41) is 0. The third-order valence-electron chi connectivity index (χ3n) is 3.33. The van der Waals surface area contributed by atoms with Gasteiger partial charge in [-0.3, -0.25) is 9.78 Å². The van der Waals surface area contributed by atoms with Crippen LogP contribution >= 0.6 is 22.9 Å². The largest absolute Gasteiger partial charge is 0.347 e. The quantitative estimate of drug-likeness (QED) is 0.731. The first-order chi connectivity index (χ1) is 10.5. The average Bonchev–Trinajstić information content (AvgIpc) is 3.03. The summed E-state index contributed by atoms with van der Waals surface area (Å²) in [6.07, 6.45) is 2.93. The second-order valence-electron chi connectivity index (χ2n) is 5.09. The number of carbonyl (C=O) groups is 1. The highest BCUT2D eigenvalue weighted by Gasteiger charge is 2.14. The normalized spacial score (nSPS) is 11.1. The van der Waals surface area contributed by atoms with Crippen molar-refractivity contribution in [3.05, 3.63) is 40.7 Å². The van der Waals surface area contributed by atoms with E-state index in [4.69, 9.17) is 11.6 Å². The molecule has 0 aliphatic rings. The summed E-state index contributed by atoms with van der Waals surface area (Å²) in [7, 11) is 3.34. The maximum atomic E-state index is 14.0. The third kappa shape index (κ3) is 2.71. The van der Waals surface area contributed by atoms with Crippen molar-refractivity contribution in [2.45, 2.75) is 6.54 Å². The van der Waals surface area contributed by atoms with Gasteiger partial charge in [-0.25, -0.2) is 4.39 Å². The van der Waals surface area contributed by atoms with Crippen LogP contribution in [0.3, 0.4) is 0 Å². The molecule has 4 nitrogen and oxygen atoms in total. The summed E-state index contributed by atoms with van der Waals surface area (Å²) in [5.74, 6) is -0.543. The van der Waals surface area contributed by atoms with Crippen LogP contribution in [0.5, 0.6) is 0 Å². The Morgan fingerprint density at radius 1 is 1.45 bits per heavy atom. The van der Waals surface area contributed by atoms with Gasteiger partial charge in [0.05, 0.1) is 9.85 Å². The van der Waals surface area contributed by atoms with Gasteiger partial charge in [0.15, 0.2) is 5.82 Å². The Balaban J connectivity index is 2.08. The molecule has 0 radical (unpaired) electrons. The minimum absolute atomic E-state index is 0.0732. The highest BCUT2D eigenvalue weighted by Crippen LogP contribution is 2.32. The third-order valence-corrected chi connectivity index (χ3v) is 4.61. The van der Waals surface area contributed by atoms with Crippen molar-refractivity contribution >= 4 is 39.9 Å². The molecular formula is C15H13ClFN3OS. The number of hydrogen-bond acceptors (Lipinski definition) is 3. The molecule has 0 N–H and O–H groups in total. The lowest BCUT2D eigenvalue weighted by molar-refractivity contribution is -0.129. The molecule has 7 heteroatoms. The molecule has 3 aromatic rings. The van der Waals surface area contributed by atoms with Gasteiger partial charge in [-0.15, -0.1) is 11.3 Å². The first-order valence-electron chi connectivity index (χ1n) is 6.56. The van der Waals surface area contributed by atoms with Crippen molar-refractivity contribution in [3.63, 3.8) is 0 Å². The molecule has 0 bridgehead atoms. The second-order valence-corrected chi connectivity index (χ2v) is 6.80. The number of halogens is 2. The van der Waals surface area contributed by atoms with E-state index in [9.17, 15) is 9.18 Å². The van der Waals surface area contributed by atoms with Gasteiger partial charge in [0.2, 0.25) is 5.91 Å². The number of thiophene rings is 1. The van der Waals surface area contributed by atoms with Crippen molar-refractivity contribution < 1.29 is 9.18 Å². The summed E-state index contributed by atoms with van der Waals surface area (Å²) in [5.41, 5.74) is 1.70. The van der Waals surface area contributed by atoms with E-state index in [0.29, 0.717) is 9.85 Å². The Morgan fingerprint density at radius 3 is 2.86 bits per heavy atom. The molecule has 1 amide bonds. The van der Waals surface area contributed by atoms with Gasteiger partial charge in [-0.2, -0.15) is 0 Å². The van der Waals surface area contributed by atoms with E-state index in [0.717, 1.165) is 10.4 Å². The van der Waals surface area contributed by atoms with Crippen molar-refractivity contribution in [2.24, 2.45) is 0 Å². The molecule has 3 heterocycles. The molecule has 0 saturated carbocycles. The van der Waals surface area contributed by atoms with Crippen LogP contribution < -0.4 is 0 Å². The molecular weight excluding hydrogens is 325 g/mol. The number of rotatable bonds is 3. The smallest absolute Gasteiger partial charge is 0.241 e. The standard InChI is InChI=1S/C15H13ClFN3OS/c1-19(2)14(21)8-20-7-10(17)15-11(20)5-9(6-18-15)12-3-4-13(16)22-12/h3-7H,8H2,1-2H3. The van der Waals surface area contributed by atoms with E-state index in [1.54, 1.807) is 30.9 Å². The predicted molar refractivity (Wildman–Crippen MR) is 86.7 cm³/mol. The summed E-state index contributed by atoms with van der Waals surface area (Å²) in [6, 6.07) is 5.53. The van der Waals surface area contributed by atoms with Crippen molar-refractivity contribution in [3.8, 4) is 10.4 Å². The first kappa shape index (κ1) is 15.0. The van der Waals surface area contributed by atoms with E-state index in [1.165, 1.54) is 22.4 Å². The van der Waals surface area contributed by atoms with Crippen LogP contribution in [0.4, 0.5) is 4.39 Å². The molecule has 3 rings (SSSR count). The number of likely N-dealkylation sites (N-methyl/N-ethyl adjacent to an activating group) is 1. The van der Waals surface area contributed by atoms with Gasteiger partial charge < -0.3 is 9.47 Å². The molecule has 0 saturated heterocycles. The number of carbonyl (C=O) groups excluding carboxylic acids is 1. The fourth-order valence-electron chi connectivity index (χ4n) is 2.15. The van der Waals surface area contributed by atoms with E-state index >= 15 is 0 Å². The van der Waals surface area contributed by atoms with E-state index < -0.39 is 5.82 Å². The van der Waals surface area contributed by atoms with Gasteiger partial charge in [0, 0.05) is 36.9 Å². The Morgan fingerprint density at radius 2 is 2.23 bits per heavy atom. The summed E-state index contributed by atoms with van der Waals surface area (Å²) in [4.78, 5) is 18.5. The SMILES string of the molecule is CN(C)C(=O)Cn1cc(F)c2ncc(-c3ccc(Cl)s3)cc21. The molecule has 0 unspecified atom stereocenters. The lowest BCUT2D eigenvalue weighted by Crippen LogP contribution is -2.25. The highest BCUT2D eigenvalue weighted by atomic mass is 35.5.